The van der Waals surface area contributed by atoms with E-state index in [0.29, 0.717) is 29.9 Å². The number of benzene rings is 2. The molecule has 1 aromatic heterocycles. The fourth-order valence-corrected chi connectivity index (χ4v) is 3.68. The molecule has 1 N–H and O–H groups in total. The average Bonchev–Trinajstić information content (AvgIpc) is 3.18. The van der Waals surface area contributed by atoms with Gasteiger partial charge in [-0.15, -0.1) is 0 Å². The van der Waals surface area contributed by atoms with Gasteiger partial charge in [-0.3, -0.25) is 14.6 Å². The zero-order valence-electron chi connectivity index (χ0n) is 17.5. The van der Waals surface area contributed by atoms with Crippen LogP contribution in [0.2, 0.25) is 0 Å². The second-order valence-electron chi connectivity index (χ2n) is 7.64. The van der Waals surface area contributed by atoms with Gasteiger partial charge in [0.15, 0.2) is 6.61 Å². The summed E-state index contributed by atoms with van der Waals surface area (Å²) in [5, 5.41) is 3.55. The van der Waals surface area contributed by atoms with Crippen molar-refractivity contribution >= 4 is 40.1 Å². The summed E-state index contributed by atoms with van der Waals surface area (Å²) in [5.41, 5.74) is 4.02. The number of anilines is 2. The smallest absolute Gasteiger partial charge is 0.340 e. The van der Waals surface area contributed by atoms with Gasteiger partial charge in [-0.25, -0.2) is 4.79 Å². The molecule has 31 heavy (non-hydrogen) atoms. The molecule has 2 amide bonds. The topological polar surface area (TPSA) is 88.6 Å². The van der Waals surface area contributed by atoms with Crippen LogP contribution in [0.25, 0.3) is 10.9 Å². The van der Waals surface area contributed by atoms with Crippen molar-refractivity contribution in [1.29, 1.82) is 0 Å². The molecule has 2 heterocycles. The molecule has 0 unspecified atom stereocenters. The molecule has 3 aromatic rings. The van der Waals surface area contributed by atoms with Gasteiger partial charge in [-0.2, -0.15) is 0 Å². The van der Waals surface area contributed by atoms with E-state index in [2.05, 4.69) is 10.3 Å². The lowest BCUT2D eigenvalue weighted by Crippen LogP contribution is -2.24. The van der Waals surface area contributed by atoms with Gasteiger partial charge < -0.3 is 15.0 Å². The minimum Gasteiger partial charge on any atom is -0.452 e. The number of fused-ring (bicyclic) bond motifs is 1. The van der Waals surface area contributed by atoms with E-state index in [-0.39, 0.29) is 5.91 Å². The van der Waals surface area contributed by atoms with Crippen molar-refractivity contribution in [3.05, 3.63) is 65.4 Å². The van der Waals surface area contributed by atoms with Gasteiger partial charge in [-0.1, -0.05) is 17.7 Å². The van der Waals surface area contributed by atoms with E-state index in [1.807, 2.05) is 31.2 Å². The second-order valence-corrected chi connectivity index (χ2v) is 7.64. The van der Waals surface area contributed by atoms with Crippen LogP contribution < -0.4 is 10.2 Å². The molecular formula is C24H23N3O4. The van der Waals surface area contributed by atoms with E-state index < -0.39 is 18.5 Å². The van der Waals surface area contributed by atoms with Crippen LogP contribution in [0.15, 0.2) is 48.5 Å². The molecule has 0 aliphatic carbocycles. The van der Waals surface area contributed by atoms with E-state index in [9.17, 15) is 14.4 Å². The molecule has 7 nitrogen and oxygen atoms in total. The second kappa shape index (κ2) is 8.55. The monoisotopic (exact) mass is 417 g/mol. The first-order chi connectivity index (χ1) is 14.9. The molecule has 0 spiro atoms. The molecule has 158 valence electrons. The van der Waals surface area contributed by atoms with E-state index >= 15 is 0 Å². The first kappa shape index (κ1) is 20.5. The molecule has 7 heteroatoms. The largest absolute Gasteiger partial charge is 0.452 e. The minimum absolute atomic E-state index is 0.0759. The predicted octanol–water partition coefficient (Wildman–Crippen LogP) is 3.77. The molecule has 1 fully saturated rings. The van der Waals surface area contributed by atoms with Gasteiger partial charge in [0.05, 0.1) is 16.8 Å². The maximum absolute atomic E-state index is 12.5. The number of amides is 2. The number of carbonyl (C=O) groups excluding carboxylic acids is 3. The standard InChI is InChI=1S/C24H23N3O4/c1-15-8-9-21-17(11-15)12-20(16(2)25-21)24(30)31-14-22(28)26-18-5-3-6-19(13-18)27-10-4-7-23(27)29/h3,5-6,8-9,11-13H,4,7,10,14H2,1-2H3,(H,26,28). The minimum atomic E-state index is -0.597. The Morgan fingerprint density at radius 2 is 1.97 bits per heavy atom. The van der Waals surface area contributed by atoms with E-state index in [4.69, 9.17) is 4.74 Å². The van der Waals surface area contributed by atoms with Gasteiger partial charge in [0.1, 0.15) is 0 Å². The quantitative estimate of drug-likeness (QED) is 0.639. The van der Waals surface area contributed by atoms with Crippen LogP contribution in [-0.4, -0.2) is 35.9 Å². The van der Waals surface area contributed by atoms with Crippen LogP contribution >= 0.6 is 0 Å². The van der Waals surface area contributed by atoms with Gasteiger partial charge in [-0.05, 0) is 56.7 Å². The molecular weight excluding hydrogens is 394 g/mol. The fraction of sp³-hybridized carbons (Fsp3) is 0.250. The SMILES string of the molecule is Cc1ccc2nc(C)c(C(=O)OCC(=O)Nc3cccc(N4CCCC4=O)c3)cc2c1. The first-order valence-corrected chi connectivity index (χ1v) is 10.2. The Hall–Kier alpha value is -3.74. The van der Waals surface area contributed by atoms with Gasteiger partial charge in [0, 0.05) is 29.7 Å². The van der Waals surface area contributed by atoms with E-state index in [1.54, 1.807) is 36.1 Å². The highest BCUT2D eigenvalue weighted by Gasteiger charge is 2.22. The number of carbonyl (C=O) groups is 3. The summed E-state index contributed by atoms with van der Waals surface area (Å²) in [4.78, 5) is 42.9. The average molecular weight is 417 g/mol. The maximum Gasteiger partial charge on any atom is 0.340 e. The number of nitrogens with zero attached hydrogens (tertiary/aromatic N) is 2. The zero-order chi connectivity index (χ0) is 22.0. The van der Waals surface area contributed by atoms with E-state index in [0.717, 1.165) is 28.6 Å². The highest BCUT2D eigenvalue weighted by atomic mass is 16.5. The van der Waals surface area contributed by atoms with Crippen molar-refractivity contribution in [1.82, 2.24) is 4.98 Å². The van der Waals surface area contributed by atoms with Gasteiger partial charge >= 0.3 is 5.97 Å². The third-order valence-electron chi connectivity index (χ3n) is 5.23. The van der Waals surface area contributed by atoms with Gasteiger partial charge in [0.25, 0.3) is 5.91 Å². The number of rotatable bonds is 5. The molecule has 0 bridgehead atoms. The van der Waals surface area contributed by atoms with Crippen molar-refractivity contribution in [2.75, 3.05) is 23.4 Å². The summed E-state index contributed by atoms with van der Waals surface area (Å²) in [6.45, 7) is 3.96. The molecule has 0 radical (unpaired) electrons. The lowest BCUT2D eigenvalue weighted by atomic mass is 10.1. The normalized spacial score (nSPS) is 13.5. The summed E-state index contributed by atoms with van der Waals surface area (Å²) in [5.74, 6) is -0.979. The molecule has 2 aromatic carbocycles. The Kier molecular flexibility index (Phi) is 5.66. The summed E-state index contributed by atoms with van der Waals surface area (Å²) in [7, 11) is 0. The number of aryl methyl sites for hydroxylation is 2. The van der Waals surface area contributed by atoms with Crippen LogP contribution in [0, 0.1) is 13.8 Å². The number of pyridine rings is 1. The molecule has 1 aliphatic heterocycles. The summed E-state index contributed by atoms with van der Waals surface area (Å²) < 4.78 is 5.21. The summed E-state index contributed by atoms with van der Waals surface area (Å²) in [6, 6.07) is 14.6. The van der Waals surface area contributed by atoms with Crippen LogP contribution in [0.5, 0.6) is 0 Å². The van der Waals surface area contributed by atoms with Gasteiger partial charge in [0.2, 0.25) is 5.91 Å². The molecule has 1 aliphatic rings. The highest BCUT2D eigenvalue weighted by Crippen LogP contribution is 2.24. The van der Waals surface area contributed by atoms with Crippen LogP contribution in [0.4, 0.5) is 11.4 Å². The maximum atomic E-state index is 12.5. The highest BCUT2D eigenvalue weighted by molar-refractivity contribution is 5.99. The summed E-state index contributed by atoms with van der Waals surface area (Å²) in [6.07, 6.45) is 1.36. The Morgan fingerprint density at radius 1 is 1.13 bits per heavy atom. The van der Waals surface area contributed by atoms with Crippen LogP contribution in [-0.2, 0) is 14.3 Å². The van der Waals surface area contributed by atoms with Crippen molar-refractivity contribution in [3.63, 3.8) is 0 Å². The number of esters is 1. The van der Waals surface area contributed by atoms with E-state index in [1.165, 1.54) is 0 Å². The number of nitrogens with one attached hydrogen (secondary N) is 1. The Balaban J connectivity index is 1.40. The Bertz CT molecular complexity index is 1190. The van der Waals surface area contributed by atoms with Crippen LogP contribution in [0.1, 0.15) is 34.5 Å². The van der Waals surface area contributed by atoms with Crippen molar-refractivity contribution < 1.29 is 19.1 Å². The Labute approximate surface area is 180 Å². The fourth-order valence-electron chi connectivity index (χ4n) is 3.68. The van der Waals surface area contributed by atoms with Crippen LogP contribution in [0.3, 0.4) is 0 Å². The summed E-state index contributed by atoms with van der Waals surface area (Å²) >= 11 is 0. The number of hydrogen-bond donors (Lipinski definition) is 1. The lowest BCUT2D eigenvalue weighted by Gasteiger charge is -2.16. The zero-order valence-corrected chi connectivity index (χ0v) is 17.5. The lowest BCUT2D eigenvalue weighted by molar-refractivity contribution is -0.119. The number of aromatic nitrogens is 1. The molecule has 1 saturated heterocycles. The third-order valence-corrected chi connectivity index (χ3v) is 5.23. The van der Waals surface area contributed by atoms with Crippen molar-refractivity contribution in [3.8, 4) is 0 Å². The number of ether oxygens (including phenoxy) is 1. The van der Waals surface area contributed by atoms with Crippen molar-refractivity contribution in [2.45, 2.75) is 26.7 Å². The first-order valence-electron chi connectivity index (χ1n) is 10.2. The number of hydrogen-bond acceptors (Lipinski definition) is 5. The molecule has 4 rings (SSSR count). The van der Waals surface area contributed by atoms with Crippen molar-refractivity contribution in [2.24, 2.45) is 0 Å². The Morgan fingerprint density at radius 3 is 2.74 bits per heavy atom. The predicted molar refractivity (Wildman–Crippen MR) is 118 cm³/mol. The third kappa shape index (κ3) is 4.55. The molecule has 0 saturated carbocycles. The molecule has 0 atom stereocenters.